The van der Waals surface area contributed by atoms with Crippen LogP contribution in [-0.2, 0) is 19.1 Å². The molecule has 2 atom stereocenters. The summed E-state index contributed by atoms with van der Waals surface area (Å²) >= 11 is 0. The molecular formula is C15H24O4. The second-order valence-corrected chi connectivity index (χ2v) is 5.88. The molecule has 0 aromatic heterocycles. The van der Waals surface area contributed by atoms with Crippen molar-refractivity contribution in [3.8, 4) is 0 Å². The highest BCUT2D eigenvalue weighted by molar-refractivity contribution is 5.84. The zero-order chi connectivity index (χ0) is 14.5. The molecule has 0 aromatic carbocycles. The van der Waals surface area contributed by atoms with Crippen molar-refractivity contribution < 1.29 is 19.1 Å². The third-order valence-corrected chi connectivity index (χ3v) is 2.98. The standard InChI is InChI=1S/C15H24O4/c1-5-13-12(16)9-7-6-8-11(19-13)10-18-14(17)15(2,3)4/h6-7,11,13H,5,8-10H2,1-4H3/b7-6-/t11-,13-/m1/s1. The lowest BCUT2D eigenvalue weighted by atomic mass is 9.97. The van der Waals surface area contributed by atoms with Crippen LogP contribution in [0.3, 0.4) is 0 Å². The van der Waals surface area contributed by atoms with Gasteiger partial charge in [-0.25, -0.2) is 0 Å². The van der Waals surface area contributed by atoms with E-state index in [0.29, 0.717) is 19.3 Å². The van der Waals surface area contributed by atoms with Gasteiger partial charge in [0, 0.05) is 6.42 Å². The molecule has 0 fully saturated rings. The van der Waals surface area contributed by atoms with E-state index >= 15 is 0 Å². The van der Waals surface area contributed by atoms with Crippen molar-refractivity contribution in [3.63, 3.8) is 0 Å². The highest BCUT2D eigenvalue weighted by atomic mass is 16.6. The third-order valence-electron chi connectivity index (χ3n) is 2.98. The molecule has 0 saturated heterocycles. The Bertz CT molecular complexity index is 352. The van der Waals surface area contributed by atoms with Crippen LogP contribution in [0.15, 0.2) is 12.2 Å². The molecule has 108 valence electrons. The van der Waals surface area contributed by atoms with E-state index in [2.05, 4.69) is 0 Å². The van der Waals surface area contributed by atoms with E-state index in [4.69, 9.17) is 9.47 Å². The van der Waals surface area contributed by atoms with Gasteiger partial charge in [-0.3, -0.25) is 9.59 Å². The normalized spacial score (nSPS) is 26.4. The predicted octanol–water partition coefficient (Wildman–Crippen LogP) is 2.66. The van der Waals surface area contributed by atoms with Gasteiger partial charge in [0.1, 0.15) is 12.7 Å². The van der Waals surface area contributed by atoms with Crippen LogP contribution in [0.4, 0.5) is 0 Å². The lowest BCUT2D eigenvalue weighted by Crippen LogP contribution is -2.34. The molecule has 0 aliphatic carbocycles. The van der Waals surface area contributed by atoms with Crippen molar-refractivity contribution in [2.45, 2.75) is 59.2 Å². The van der Waals surface area contributed by atoms with Crippen LogP contribution in [0.1, 0.15) is 47.0 Å². The van der Waals surface area contributed by atoms with Crippen molar-refractivity contribution in [2.75, 3.05) is 6.61 Å². The van der Waals surface area contributed by atoms with Crippen LogP contribution < -0.4 is 0 Å². The second kappa shape index (κ2) is 6.85. The Morgan fingerprint density at radius 3 is 2.68 bits per heavy atom. The average molecular weight is 268 g/mol. The van der Waals surface area contributed by atoms with Crippen LogP contribution in [0.5, 0.6) is 0 Å². The smallest absolute Gasteiger partial charge is 0.311 e. The van der Waals surface area contributed by atoms with E-state index in [1.54, 1.807) is 0 Å². The number of Topliss-reactive ketones (excluding diaryl/α,β-unsaturated/α-hetero) is 1. The monoisotopic (exact) mass is 268 g/mol. The zero-order valence-electron chi connectivity index (χ0n) is 12.3. The first-order valence-corrected chi connectivity index (χ1v) is 6.85. The maximum absolute atomic E-state index is 11.8. The Labute approximate surface area is 115 Å². The molecule has 1 rings (SSSR count). The summed E-state index contributed by atoms with van der Waals surface area (Å²) in [6.45, 7) is 7.56. The van der Waals surface area contributed by atoms with E-state index < -0.39 is 5.41 Å². The molecule has 19 heavy (non-hydrogen) atoms. The molecule has 0 aromatic rings. The Balaban J connectivity index is 2.56. The van der Waals surface area contributed by atoms with Crippen molar-refractivity contribution >= 4 is 11.8 Å². The van der Waals surface area contributed by atoms with Gasteiger partial charge < -0.3 is 9.47 Å². The number of ketones is 1. The predicted molar refractivity (Wildman–Crippen MR) is 72.7 cm³/mol. The summed E-state index contributed by atoms with van der Waals surface area (Å²) in [5, 5.41) is 0. The van der Waals surface area contributed by atoms with Gasteiger partial charge in [-0.1, -0.05) is 19.1 Å². The largest absolute Gasteiger partial charge is 0.463 e. The van der Waals surface area contributed by atoms with Gasteiger partial charge in [0.05, 0.1) is 11.5 Å². The van der Waals surface area contributed by atoms with E-state index in [1.165, 1.54) is 0 Å². The lowest BCUT2D eigenvalue weighted by molar-refractivity contribution is -0.160. The fourth-order valence-corrected chi connectivity index (χ4v) is 1.76. The van der Waals surface area contributed by atoms with Crippen molar-refractivity contribution in [1.82, 2.24) is 0 Å². The number of hydrogen-bond acceptors (Lipinski definition) is 4. The molecule has 0 saturated carbocycles. The van der Waals surface area contributed by atoms with Gasteiger partial charge in [-0.15, -0.1) is 0 Å². The molecule has 1 heterocycles. The maximum atomic E-state index is 11.8. The topological polar surface area (TPSA) is 52.6 Å². The summed E-state index contributed by atoms with van der Waals surface area (Å²) in [6, 6.07) is 0. The molecule has 0 radical (unpaired) electrons. The first kappa shape index (κ1) is 15.9. The summed E-state index contributed by atoms with van der Waals surface area (Å²) in [4.78, 5) is 23.5. The molecule has 0 amide bonds. The van der Waals surface area contributed by atoms with Crippen molar-refractivity contribution in [1.29, 1.82) is 0 Å². The molecule has 0 unspecified atom stereocenters. The minimum atomic E-state index is -0.516. The quantitative estimate of drug-likeness (QED) is 0.583. The Kier molecular flexibility index (Phi) is 5.73. The van der Waals surface area contributed by atoms with E-state index in [0.717, 1.165) is 0 Å². The van der Waals surface area contributed by atoms with Gasteiger partial charge >= 0.3 is 5.97 Å². The van der Waals surface area contributed by atoms with E-state index in [-0.39, 0.29) is 30.6 Å². The summed E-state index contributed by atoms with van der Waals surface area (Å²) in [5.74, 6) is -0.160. The van der Waals surface area contributed by atoms with Crippen LogP contribution in [0.2, 0.25) is 0 Å². The van der Waals surface area contributed by atoms with E-state index in [1.807, 2.05) is 39.8 Å². The summed E-state index contributed by atoms with van der Waals surface area (Å²) in [7, 11) is 0. The van der Waals surface area contributed by atoms with Crippen LogP contribution in [-0.4, -0.2) is 30.6 Å². The fraction of sp³-hybridized carbons (Fsp3) is 0.733. The number of carbonyl (C=O) groups is 2. The molecule has 4 heteroatoms. The number of ether oxygens (including phenoxy) is 2. The molecule has 1 aliphatic heterocycles. The first-order valence-electron chi connectivity index (χ1n) is 6.85. The minimum absolute atomic E-state index is 0.0885. The summed E-state index contributed by atoms with van der Waals surface area (Å²) in [5.41, 5.74) is -0.516. The van der Waals surface area contributed by atoms with Crippen molar-refractivity contribution in [2.24, 2.45) is 5.41 Å². The molecule has 4 nitrogen and oxygen atoms in total. The lowest BCUT2D eigenvalue weighted by Gasteiger charge is -2.25. The molecule has 0 N–H and O–H groups in total. The third kappa shape index (κ3) is 5.15. The Morgan fingerprint density at radius 1 is 1.42 bits per heavy atom. The molecular weight excluding hydrogens is 244 g/mol. The van der Waals surface area contributed by atoms with Crippen LogP contribution in [0.25, 0.3) is 0 Å². The molecule has 0 bridgehead atoms. The van der Waals surface area contributed by atoms with Crippen LogP contribution in [0, 0.1) is 5.41 Å². The SMILES string of the molecule is CC[C@H]1O[C@@H](COC(=O)C(C)(C)C)C/C=C\CC1=O. The van der Waals surface area contributed by atoms with Gasteiger partial charge in [-0.05, 0) is 33.6 Å². The number of rotatable bonds is 3. The van der Waals surface area contributed by atoms with Crippen LogP contribution >= 0.6 is 0 Å². The minimum Gasteiger partial charge on any atom is -0.463 e. The van der Waals surface area contributed by atoms with E-state index in [9.17, 15) is 9.59 Å². The molecule has 1 aliphatic rings. The fourth-order valence-electron chi connectivity index (χ4n) is 1.76. The van der Waals surface area contributed by atoms with Gasteiger partial charge in [0.15, 0.2) is 5.78 Å². The molecule has 0 spiro atoms. The van der Waals surface area contributed by atoms with Gasteiger partial charge in [0.2, 0.25) is 0 Å². The zero-order valence-corrected chi connectivity index (χ0v) is 12.3. The highest BCUT2D eigenvalue weighted by Crippen LogP contribution is 2.18. The summed E-state index contributed by atoms with van der Waals surface area (Å²) < 4.78 is 11.0. The first-order chi connectivity index (χ1) is 8.84. The Hall–Kier alpha value is -1.16. The van der Waals surface area contributed by atoms with Gasteiger partial charge in [-0.2, -0.15) is 0 Å². The number of hydrogen-bond donors (Lipinski definition) is 0. The summed E-state index contributed by atoms with van der Waals surface area (Å²) in [6.07, 6.45) is 4.90. The number of carbonyl (C=O) groups excluding carboxylic acids is 2. The number of esters is 1. The van der Waals surface area contributed by atoms with Gasteiger partial charge in [0.25, 0.3) is 0 Å². The maximum Gasteiger partial charge on any atom is 0.311 e. The highest BCUT2D eigenvalue weighted by Gasteiger charge is 2.26. The Morgan fingerprint density at radius 2 is 2.11 bits per heavy atom. The second-order valence-electron chi connectivity index (χ2n) is 5.88. The average Bonchev–Trinajstić information content (AvgIpc) is 2.32. The number of allylic oxidation sites excluding steroid dienone is 1. The van der Waals surface area contributed by atoms with Crippen molar-refractivity contribution in [3.05, 3.63) is 12.2 Å².